The molecule has 0 rings (SSSR count). The lowest BCUT2D eigenvalue weighted by atomic mass is 10.0. The summed E-state index contributed by atoms with van der Waals surface area (Å²) in [7, 11) is 0. The molecule has 0 spiro atoms. The summed E-state index contributed by atoms with van der Waals surface area (Å²) in [5.74, 6) is -0.157. The fourth-order valence-corrected chi connectivity index (χ4v) is 0.863. The zero-order valence-electron chi connectivity index (χ0n) is 7.70. The number of hydrogen-bond acceptors (Lipinski definition) is 0. The van der Waals surface area contributed by atoms with Crippen LogP contribution in [0.25, 0.3) is 0 Å². The third kappa shape index (κ3) is 3.72. The molecule has 0 saturated carbocycles. The highest BCUT2D eigenvalue weighted by molar-refractivity contribution is 6.31. The molecule has 2 heteroatoms. The summed E-state index contributed by atoms with van der Waals surface area (Å²) < 4.78 is 12.9. The van der Waals surface area contributed by atoms with Gasteiger partial charge in [0.05, 0.1) is 5.03 Å². The molecule has 0 unspecified atom stereocenters. The van der Waals surface area contributed by atoms with Gasteiger partial charge in [0.2, 0.25) is 0 Å². The Bertz CT molecular complexity index is 224. The van der Waals surface area contributed by atoms with Crippen molar-refractivity contribution >= 4 is 11.6 Å². The first-order valence-corrected chi connectivity index (χ1v) is 4.25. The summed E-state index contributed by atoms with van der Waals surface area (Å²) in [4.78, 5) is 0. The van der Waals surface area contributed by atoms with E-state index in [0.717, 1.165) is 5.57 Å². The van der Waals surface area contributed by atoms with E-state index in [1.54, 1.807) is 0 Å². The molecule has 12 heavy (non-hydrogen) atoms. The fourth-order valence-electron chi connectivity index (χ4n) is 0.808. The minimum atomic E-state index is -0.460. The molecular weight excluding hydrogens is 175 g/mol. The van der Waals surface area contributed by atoms with Crippen molar-refractivity contribution < 1.29 is 4.39 Å². The van der Waals surface area contributed by atoms with Gasteiger partial charge in [0.25, 0.3) is 0 Å². The second kappa shape index (κ2) is 5.15. The topological polar surface area (TPSA) is 0 Å². The van der Waals surface area contributed by atoms with Crippen molar-refractivity contribution in [1.82, 2.24) is 0 Å². The Morgan fingerprint density at radius 3 is 2.25 bits per heavy atom. The van der Waals surface area contributed by atoms with Crippen molar-refractivity contribution in [2.45, 2.75) is 20.8 Å². The summed E-state index contributed by atoms with van der Waals surface area (Å²) in [5.41, 5.74) is 0.925. The molecule has 0 heterocycles. The minimum Gasteiger partial charge on any atom is -0.205 e. The van der Waals surface area contributed by atoms with Crippen LogP contribution in [0.1, 0.15) is 20.8 Å². The smallest absolute Gasteiger partial charge is 0.141 e. The summed E-state index contributed by atoms with van der Waals surface area (Å²) in [5, 5.41) is -0.0463. The van der Waals surface area contributed by atoms with Gasteiger partial charge in [0, 0.05) is 0 Å². The number of rotatable bonds is 3. The summed E-state index contributed by atoms with van der Waals surface area (Å²) >= 11 is 5.37. The maximum Gasteiger partial charge on any atom is 0.141 e. The van der Waals surface area contributed by atoms with Crippen LogP contribution >= 0.6 is 11.6 Å². The van der Waals surface area contributed by atoms with Crippen LogP contribution < -0.4 is 0 Å². The van der Waals surface area contributed by atoms with Gasteiger partial charge < -0.3 is 0 Å². The Balaban J connectivity index is 4.60. The molecule has 0 aromatic heterocycles. The molecule has 0 nitrogen and oxygen atoms in total. The molecule has 0 N–H and O–H groups in total. The van der Waals surface area contributed by atoms with Crippen molar-refractivity contribution in [2.24, 2.45) is 5.92 Å². The van der Waals surface area contributed by atoms with Crippen LogP contribution in [0, 0.1) is 5.92 Å². The van der Waals surface area contributed by atoms with E-state index in [4.69, 9.17) is 11.6 Å². The number of hydrogen-bond donors (Lipinski definition) is 0. The zero-order valence-corrected chi connectivity index (χ0v) is 8.45. The lowest BCUT2D eigenvalue weighted by Gasteiger charge is -2.05. The SMILES string of the molecule is C=C(Cl)/C(F)=C\C(=C/C)C(C)C. The van der Waals surface area contributed by atoms with Gasteiger partial charge in [-0.3, -0.25) is 0 Å². The first-order chi connectivity index (χ1) is 5.49. The highest BCUT2D eigenvalue weighted by atomic mass is 35.5. The quantitative estimate of drug-likeness (QED) is 0.583. The monoisotopic (exact) mass is 188 g/mol. The highest BCUT2D eigenvalue weighted by Gasteiger charge is 2.02. The molecule has 0 atom stereocenters. The summed E-state index contributed by atoms with van der Waals surface area (Å²) in [6.45, 7) is 9.16. The molecule has 0 bridgehead atoms. The molecule has 68 valence electrons. The largest absolute Gasteiger partial charge is 0.205 e. The van der Waals surface area contributed by atoms with Crippen molar-refractivity contribution in [3.05, 3.63) is 35.2 Å². The number of allylic oxidation sites excluding steroid dienone is 5. The van der Waals surface area contributed by atoms with Gasteiger partial charge in [-0.15, -0.1) is 0 Å². The van der Waals surface area contributed by atoms with Crippen molar-refractivity contribution in [3.8, 4) is 0 Å². The van der Waals surface area contributed by atoms with Gasteiger partial charge in [-0.2, -0.15) is 0 Å². The van der Waals surface area contributed by atoms with Gasteiger partial charge in [-0.25, -0.2) is 4.39 Å². The lowest BCUT2D eigenvalue weighted by molar-refractivity contribution is 0.656. The van der Waals surface area contributed by atoms with Crippen molar-refractivity contribution in [2.75, 3.05) is 0 Å². The van der Waals surface area contributed by atoms with E-state index in [2.05, 4.69) is 6.58 Å². The summed E-state index contributed by atoms with van der Waals surface area (Å²) in [6.07, 6.45) is 3.28. The second-order valence-corrected chi connectivity index (χ2v) is 3.30. The standard InChI is InChI=1S/C10H14ClF/c1-5-9(7(2)3)6-10(12)8(4)11/h5-7H,4H2,1-3H3/b9-5+,10-6+. The minimum absolute atomic E-state index is 0.0463. The third-order valence-corrected chi connectivity index (χ3v) is 1.73. The number of halogens is 2. The van der Waals surface area contributed by atoms with Gasteiger partial charge in [0.1, 0.15) is 5.83 Å². The molecule has 0 aromatic carbocycles. The van der Waals surface area contributed by atoms with Crippen LogP contribution in [-0.2, 0) is 0 Å². The second-order valence-electron chi connectivity index (χ2n) is 2.84. The maximum atomic E-state index is 12.9. The first-order valence-electron chi connectivity index (χ1n) is 3.87. The Morgan fingerprint density at radius 1 is 1.50 bits per heavy atom. The van der Waals surface area contributed by atoms with E-state index in [-0.39, 0.29) is 5.03 Å². The lowest BCUT2D eigenvalue weighted by Crippen LogP contribution is -1.90. The normalized spacial score (nSPS) is 13.8. The van der Waals surface area contributed by atoms with Gasteiger partial charge >= 0.3 is 0 Å². The predicted molar refractivity (Wildman–Crippen MR) is 52.8 cm³/mol. The maximum absolute atomic E-state index is 12.9. The predicted octanol–water partition coefficient (Wildman–Crippen LogP) is 4.19. The van der Waals surface area contributed by atoms with E-state index in [9.17, 15) is 4.39 Å². The third-order valence-electron chi connectivity index (χ3n) is 1.55. The molecule has 0 aliphatic carbocycles. The molecule has 0 fully saturated rings. The molecule has 0 aliphatic heterocycles. The van der Waals surface area contributed by atoms with Gasteiger partial charge in [-0.1, -0.05) is 38.1 Å². The molecular formula is C10H14ClF. The van der Waals surface area contributed by atoms with Crippen LogP contribution in [0.15, 0.2) is 35.2 Å². The Kier molecular flexibility index (Phi) is 4.91. The van der Waals surface area contributed by atoms with Crippen LogP contribution in [0.2, 0.25) is 0 Å². The van der Waals surface area contributed by atoms with Gasteiger partial charge in [0.15, 0.2) is 0 Å². The average molecular weight is 189 g/mol. The molecule has 0 amide bonds. The molecule has 0 aromatic rings. The Hall–Kier alpha value is -0.560. The van der Waals surface area contributed by atoms with E-state index < -0.39 is 5.83 Å². The van der Waals surface area contributed by atoms with Crippen LogP contribution in [0.5, 0.6) is 0 Å². The fraction of sp³-hybridized carbons (Fsp3) is 0.400. The Morgan fingerprint density at radius 2 is 2.00 bits per heavy atom. The van der Waals surface area contributed by atoms with Crippen molar-refractivity contribution in [1.29, 1.82) is 0 Å². The molecule has 0 saturated heterocycles. The van der Waals surface area contributed by atoms with Crippen LogP contribution in [-0.4, -0.2) is 0 Å². The van der Waals surface area contributed by atoms with Crippen LogP contribution in [0.4, 0.5) is 4.39 Å². The van der Waals surface area contributed by atoms with Gasteiger partial charge in [-0.05, 0) is 24.5 Å². The van der Waals surface area contributed by atoms with Crippen molar-refractivity contribution in [3.63, 3.8) is 0 Å². The van der Waals surface area contributed by atoms with E-state index >= 15 is 0 Å². The first kappa shape index (κ1) is 11.4. The zero-order chi connectivity index (χ0) is 9.72. The summed E-state index contributed by atoms with van der Waals surface area (Å²) in [6, 6.07) is 0. The Labute approximate surface area is 78.4 Å². The van der Waals surface area contributed by atoms with E-state index in [1.165, 1.54) is 6.08 Å². The van der Waals surface area contributed by atoms with E-state index in [0.29, 0.717) is 5.92 Å². The van der Waals surface area contributed by atoms with Crippen LogP contribution in [0.3, 0.4) is 0 Å². The molecule has 0 aliphatic rings. The highest BCUT2D eigenvalue weighted by Crippen LogP contribution is 2.19. The van der Waals surface area contributed by atoms with E-state index in [1.807, 2.05) is 26.8 Å². The molecule has 0 radical (unpaired) electrons. The average Bonchev–Trinajstić information content (AvgIpc) is 1.98.